The van der Waals surface area contributed by atoms with Gasteiger partial charge in [0.1, 0.15) is 17.5 Å². The number of aryl methyl sites for hydroxylation is 1. The van der Waals surface area contributed by atoms with Crippen LogP contribution in [0.25, 0.3) is 0 Å². The zero-order chi connectivity index (χ0) is 22.4. The van der Waals surface area contributed by atoms with Crippen molar-refractivity contribution in [3.8, 4) is 11.5 Å². The summed E-state index contributed by atoms with van der Waals surface area (Å²) in [5.41, 5.74) is 4.57. The number of rotatable bonds is 5. The van der Waals surface area contributed by atoms with Crippen molar-refractivity contribution in [2.24, 2.45) is 0 Å². The van der Waals surface area contributed by atoms with Crippen LogP contribution in [0.1, 0.15) is 22.5 Å². The lowest BCUT2D eigenvalue weighted by molar-refractivity contribution is -0.120. The summed E-state index contributed by atoms with van der Waals surface area (Å²) in [5.74, 6) is 1.31. The molecule has 1 aromatic heterocycles. The largest absolute Gasteiger partial charge is 0.497 e. The number of hydrogen-bond donors (Lipinski definition) is 0. The Morgan fingerprint density at radius 3 is 2.53 bits per heavy atom. The van der Waals surface area contributed by atoms with Gasteiger partial charge in [0.25, 0.3) is 5.91 Å². The number of nitrogens with zero attached hydrogens (tertiary/aromatic N) is 4. The van der Waals surface area contributed by atoms with E-state index in [9.17, 15) is 9.59 Å². The van der Waals surface area contributed by atoms with Gasteiger partial charge in [0, 0.05) is 18.7 Å². The number of urea groups is 1. The maximum atomic E-state index is 13.2. The average Bonchev–Trinajstić information content (AvgIpc) is 3.30. The molecule has 0 N–H and O–H groups in total. The predicted molar refractivity (Wildman–Crippen MR) is 118 cm³/mol. The lowest BCUT2D eigenvalue weighted by Crippen LogP contribution is -2.40. The molecule has 5 rings (SSSR count). The molecule has 8 heteroatoms. The van der Waals surface area contributed by atoms with E-state index in [1.807, 2.05) is 19.1 Å². The second kappa shape index (κ2) is 7.71. The van der Waals surface area contributed by atoms with E-state index in [0.717, 1.165) is 28.3 Å². The Bertz CT molecular complexity index is 1200. The summed E-state index contributed by atoms with van der Waals surface area (Å²) in [6.45, 7) is 2.98. The molecule has 2 aliphatic heterocycles. The van der Waals surface area contributed by atoms with Gasteiger partial charge in [-0.15, -0.1) is 0 Å². The van der Waals surface area contributed by atoms with Crippen molar-refractivity contribution in [2.75, 3.05) is 19.1 Å². The minimum Gasteiger partial charge on any atom is -0.497 e. The number of aromatic nitrogens is 2. The van der Waals surface area contributed by atoms with Crippen molar-refractivity contribution in [3.63, 3.8) is 0 Å². The molecule has 1 saturated heterocycles. The molecule has 164 valence electrons. The van der Waals surface area contributed by atoms with Gasteiger partial charge in [-0.25, -0.2) is 14.7 Å². The van der Waals surface area contributed by atoms with Crippen molar-refractivity contribution in [3.05, 3.63) is 71.3 Å². The van der Waals surface area contributed by atoms with Crippen LogP contribution in [0.4, 0.5) is 10.5 Å². The van der Waals surface area contributed by atoms with Crippen LogP contribution in [0.3, 0.4) is 0 Å². The summed E-state index contributed by atoms with van der Waals surface area (Å²) < 4.78 is 12.6. The van der Waals surface area contributed by atoms with Gasteiger partial charge < -0.3 is 18.9 Å². The first-order valence-corrected chi connectivity index (χ1v) is 10.4. The molecule has 3 aromatic rings. The van der Waals surface area contributed by atoms with Crippen LogP contribution >= 0.6 is 0 Å². The van der Waals surface area contributed by atoms with E-state index in [1.165, 1.54) is 4.90 Å². The van der Waals surface area contributed by atoms with E-state index in [1.54, 1.807) is 49.7 Å². The molecule has 1 fully saturated rings. The summed E-state index contributed by atoms with van der Waals surface area (Å²) in [4.78, 5) is 33.7. The first kappa shape index (κ1) is 20.1. The van der Waals surface area contributed by atoms with Crippen molar-refractivity contribution >= 4 is 17.6 Å². The zero-order valence-corrected chi connectivity index (χ0v) is 18.2. The van der Waals surface area contributed by atoms with Gasteiger partial charge in [-0.05, 0) is 48.4 Å². The molecule has 0 bridgehead atoms. The number of anilines is 1. The van der Waals surface area contributed by atoms with E-state index in [-0.39, 0.29) is 11.9 Å². The number of imidazole rings is 1. The van der Waals surface area contributed by atoms with E-state index >= 15 is 0 Å². The Labute approximate surface area is 186 Å². The highest BCUT2D eigenvalue weighted by Crippen LogP contribution is 2.33. The third-order valence-corrected chi connectivity index (χ3v) is 6.20. The molecule has 0 saturated carbocycles. The molecule has 0 radical (unpaired) electrons. The molecular formula is C24H24N4O4. The molecule has 3 heterocycles. The zero-order valence-electron chi connectivity index (χ0n) is 18.2. The summed E-state index contributed by atoms with van der Waals surface area (Å²) in [5, 5.41) is 0. The number of fused-ring (bicyclic) bond motifs is 2. The van der Waals surface area contributed by atoms with E-state index in [2.05, 4.69) is 15.6 Å². The summed E-state index contributed by atoms with van der Waals surface area (Å²) in [7, 11) is 3.24. The third kappa shape index (κ3) is 3.19. The second-order valence-corrected chi connectivity index (χ2v) is 8.07. The molecule has 0 unspecified atom stereocenters. The van der Waals surface area contributed by atoms with E-state index in [0.29, 0.717) is 30.9 Å². The summed E-state index contributed by atoms with van der Waals surface area (Å²) >= 11 is 0. The molecular weight excluding hydrogens is 408 g/mol. The molecule has 2 aromatic carbocycles. The molecule has 3 amide bonds. The quantitative estimate of drug-likeness (QED) is 0.579. The molecule has 1 atom stereocenters. The SMILES string of the molecule is COc1ccc(N2C(=O)[C@@H]3Cc4c(ncn4Cc4ccc(OC)c(C)c4)CN3C2=O)cc1. The van der Waals surface area contributed by atoms with Gasteiger partial charge in [-0.2, -0.15) is 0 Å². The van der Waals surface area contributed by atoms with Crippen LogP contribution < -0.4 is 14.4 Å². The van der Waals surface area contributed by atoms with Crippen LogP contribution in [0, 0.1) is 6.92 Å². The molecule has 32 heavy (non-hydrogen) atoms. The standard InChI is InChI=1S/C24H24N4O4/c1-15-10-16(4-9-22(15)32-3)12-26-14-25-19-13-27-21(11-20(19)26)23(29)28(24(27)30)17-5-7-18(31-2)8-6-17/h4-10,14,21H,11-13H2,1-3H3/t21-/m0/s1. The Morgan fingerprint density at radius 1 is 1.06 bits per heavy atom. The monoisotopic (exact) mass is 432 g/mol. The first-order valence-electron chi connectivity index (χ1n) is 10.4. The fourth-order valence-corrected chi connectivity index (χ4v) is 4.52. The number of methoxy groups -OCH3 is 2. The van der Waals surface area contributed by atoms with Gasteiger partial charge >= 0.3 is 6.03 Å². The van der Waals surface area contributed by atoms with Crippen molar-refractivity contribution in [1.82, 2.24) is 14.5 Å². The van der Waals surface area contributed by atoms with E-state index in [4.69, 9.17) is 9.47 Å². The second-order valence-electron chi connectivity index (χ2n) is 8.07. The average molecular weight is 432 g/mol. The Balaban J connectivity index is 1.40. The highest BCUT2D eigenvalue weighted by molar-refractivity contribution is 6.21. The van der Waals surface area contributed by atoms with Crippen molar-refractivity contribution < 1.29 is 19.1 Å². The lowest BCUT2D eigenvalue weighted by atomic mass is 10.0. The number of ether oxygens (including phenoxy) is 2. The number of carbonyl (C=O) groups excluding carboxylic acids is 2. The third-order valence-electron chi connectivity index (χ3n) is 6.20. The van der Waals surface area contributed by atoms with Crippen molar-refractivity contribution in [1.29, 1.82) is 0 Å². The maximum Gasteiger partial charge on any atom is 0.332 e. The summed E-state index contributed by atoms with van der Waals surface area (Å²) in [6.07, 6.45) is 2.24. The molecule has 0 aliphatic carbocycles. The normalized spacial score (nSPS) is 17.4. The number of benzene rings is 2. The molecule has 0 spiro atoms. The van der Waals surface area contributed by atoms with Crippen molar-refractivity contribution in [2.45, 2.75) is 32.5 Å². The fourth-order valence-electron chi connectivity index (χ4n) is 4.52. The number of amides is 3. The van der Waals surface area contributed by atoms with Crippen LogP contribution in [0.5, 0.6) is 11.5 Å². The van der Waals surface area contributed by atoms with Gasteiger partial charge in [0.2, 0.25) is 0 Å². The Morgan fingerprint density at radius 2 is 1.84 bits per heavy atom. The van der Waals surface area contributed by atoms with Crippen LogP contribution in [0.15, 0.2) is 48.8 Å². The molecule has 2 aliphatic rings. The number of imide groups is 1. The van der Waals surface area contributed by atoms with Gasteiger partial charge in [0.05, 0.1) is 38.5 Å². The Kier molecular flexibility index (Phi) is 4.84. The maximum absolute atomic E-state index is 13.2. The van der Waals surface area contributed by atoms with Crippen LogP contribution in [-0.2, 0) is 24.3 Å². The highest BCUT2D eigenvalue weighted by atomic mass is 16.5. The number of hydrogen-bond acceptors (Lipinski definition) is 5. The lowest BCUT2D eigenvalue weighted by Gasteiger charge is -2.27. The molecule has 8 nitrogen and oxygen atoms in total. The fraction of sp³-hybridized carbons (Fsp3) is 0.292. The van der Waals surface area contributed by atoms with Crippen LogP contribution in [0.2, 0.25) is 0 Å². The minimum absolute atomic E-state index is 0.209. The number of carbonyl (C=O) groups is 2. The topological polar surface area (TPSA) is 76.9 Å². The van der Waals surface area contributed by atoms with Gasteiger partial charge in [-0.3, -0.25) is 4.79 Å². The Hall–Kier alpha value is -3.81. The van der Waals surface area contributed by atoms with E-state index < -0.39 is 6.04 Å². The van der Waals surface area contributed by atoms with Gasteiger partial charge in [-0.1, -0.05) is 12.1 Å². The highest BCUT2D eigenvalue weighted by Gasteiger charge is 2.49. The summed E-state index contributed by atoms with van der Waals surface area (Å²) in [6, 6.07) is 12.2. The van der Waals surface area contributed by atoms with Gasteiger partial charge in [0.15, 0.2) is 0 Å². The minimum atomic E-state index is -0.523. The predicted octanol–water partition coefficient (Wildman–Crippen LogP) is 3.15. The first-order chi connectivity index (χ1) is 15.5. The smallest absolute Gasteiger partial charge is 0.332 e. The van der Waals surface area contributed by atoms with Crippen LogP contribution in [-0.4, -0.2) is 46.7 Å².